The summed E-state index contributed by atoms with van der Waals surface area (Å²) >= 11 is 3.31. The number of carbonyl (C=O) groups excluding carboxylic acids is 2. The first-order valence-corrected chi connectivity index (χ1v) is 9.28. The van der Waals surface area contributed by atoms with E-state index in [-0.39, 0.29) is 5.91 Å². The van der Waals surface area contributed by atoms with Crippen LogP contribution in [0.5, 0.6) is 11.5 Å². The van der Waals surface area contributed by atoms with Gasteiger partial charge in [-0.15, -0.1) is 0 Å². The molecule has 0 saturated carbocycles. The van der Waals surface area contributed by atoms with Crippen molar-refractivity contribution in [3.05, 3.63) is 58.1 Å². The highest BCUT2D eigenvalue weighted by Crippen LogP contribution is 2.25. The number of halogens is 1. The number of benzene rings is 2. The van der Waals surface area contributed by atoms with E-state index in [9.17, 15) is 9.59 Å². The molecule has 0 aliphatic carbocycles. The zero-order chi connectivity index (χ0) is 20.7. The fourth-order valence-corrected chi connectivity index (χ4v) is 2.60. The van der Waals surface area contributed by atoms with Gasteiger partial charge in [0.25, 0.3) is 11.8 Å². The van der Waals surface area contributed by atoms with Crippen molar-refractivity contribution in [2.24, 2.45) is 5.10 Å². The van der Waals surface area contributed by atoms with E-state index in [1.54, 1.807) is 70.5 Å². The summed E-state index contributed by atoms with van der Waals surface area (Å²) in [5.41, 5.74) is 4.20. The Morgan fingerprint density at radius 1 is 1.07 bits per heavy atom. The maximum Gasteiger partial charge on any atom is 0.262 e. The van der Waals surface area contributed by atoms with Crippen LogP contribution in [0.2, 0.25) is 0 Å². The third kappa shape index (κ3) is 5.56. The summed E-state index contributed by atoms with van der Waals surface area (Å²) in [5, 5.41) is 6.75. The van der Waals surface area contributed by atoms with Crippen LogP contribution in [0.3, 0.4) is 0 Å². The smallest absolute Gasteiger partial charge is 0.262 e. The number of amides is 2. The van der Waals surface area contributed by atoms with Crippen molar-refractivity contribution in [1.29, 1.82) is 0 Å². The van der Waals surface area contributed by atoms with Gasteiger partial charge in [0.05, 0.1) is 19.9 Å². The minimum Gasteiger partial charge on any atom is -0.497 e. The van der Waals surface area contributed by atoms with Crippen LogP contribution >= 0.6 is 15.9 Å². The van der Waals surface area contributed by atoms with E-state index >= 15 is 0 Å². The van der Waals surface area contributed by atoms with Gasteiger partial charge in [-0.25, -0.2) is 5.43 Å². The quantitative estimate of drug-likeness (QED) is 0.503. The van der Waals surface area contributed by atoms with Gasteiger partial charge in [-0.1, -0.05) is 15.9 Å². The van der Waals surface area contributed by atoms with Gasteiger partial charge in [-0.3, -0.25) is 9.59 Å². The minimum absolute atomic E-state index is 0.340. The summed E-state index contributed by atoms with van der Waals surface area (Å²) in [6.45, 7) is 3.33. The molecular formula is C20H22BrN3O4. The average Bonchev–Trinajstić information content (AvgIpc) is 2.71. The van der Waals surface area contributed by atoms with Crippen molar-refractivity contribution < 1.29 is 19.1 Å². The van der Waals surface area contributed by atoms with Crippen LogP contribution in [-0.4, -0.2) is 37.8 Å². The van der Waals surface area contributed by atoms with E-state index < -0.39 is 11.9 Å². The van der Waals surface area contributed by atoms with E-state index in [4.69, 9.17) is 9.47 Å². The largest absolute Gasteiger partial charge is 0.497 e. The van der Waals surface area contributed by atoms with Crippen molar-refractivity contribution in [3.63, 3.8) is 0 Å². The summed E-state index contributed by atoms with van der Waals surface area (Å²) in [5.74, 6) is 0.457. The molecule has 0 heterocycles. The number of methoxy groups -OCH3 is 2. The number of nitrogens with zero attached hydrogens (tertiary/aromatic N) is 1. The molecule has 0 aliphatic rings. The molecule has 2 aromatic rings. The van der Waals surface area contributed by atoms with E-state index in [0.29, 0.717) is 22.8 Å². The second-order valence-electron chi connectivity index (χ2n) is 5.94. The monoisotopic (exact) mass is 447 g/mol. The molecule has 0 aliphatic heterocycles. The Morgan fingerprint density at radius 2 is 1.75 bits per heavy atom. The molecule has 2 rings (SSSR count). The number of carbonyl (C=O) groups is 2. The first-order chi connectivity index (χ1) is 13.3. The molecule has 0 saturated heterocycles. The molecule has 0 bridgehead atoms. The van der Waals surface area contributed by atoms with Crippen LogP contribution in [0.4, 0.5) is 0 Å². The van der Waals surface area contributed by atoms with Crippen molar-refractivity contribution in [3.8, 4) is 11.5 Å². The number of nitrogens with one attached hydrogen (secondary N) is 2. The summed E-state index contributed by atoms with van der Waals surface area (Å²) in [6, 6.07) is 11.4. The van der Waals surface area contributed by atoms with Crippen molar-refractivity contribution >= 4 is 33.5 Å². The predicted molar refractivity (Wildman–Crippen MR) is 111 cm³/mol. The maximum atomic E-state index is 12.3. The Bertz CT molecular complexity index is 882. The molecule has 2 N–H and O–H groups in total. The highest BCUT2D eigenvalue weighted by atomic mass is 79.9. The molecule has 0 radical (unpaired) electrons. The maximum absolute atomic E-state index is 12.3. The molecule has 2 amide bonds. The van der Waals surface area contributed by atoms with Crippen molar-refractivity contribution in [1.82, 2.24) is 10.7 Å². The number of rotatable bonds is 7. The Labute approximate surface area is 172 Å². The van der Waals surface area contributed by atoms with Crippen LogP contribution in [0.15, 0.2) is 52.0 Å². The molecule has 8 heteroatoms. The van der Waals surface area contributed by atoms with E-state index in [1.807, 2.05) is 0 Å². The summed E-state index contributed by atoms with van der Waals surface area (Å²) in [7, 11) is 3.11. The third-order valence-corrected chi connectivity index (χ3v) is 4.51. The summed E-state index contributed by atoms with van der Waals surface area (Å²) < 4.78 is 11.4. The lowest BCUT2D eigenvalue weighted by atomic mass is 10.1. The topological polar surface area (TPSA) is 89.0 Å². The van der Waals surface area contributed by atoms with Gasteiger partial charge in [0.1, 0.15) is 17.5 Å². The van der Waals surface area contributed by atoms with Gasteiger partial charge in [-0.2, -0.15) is 5.10 Å². The lowest BCUT2D eigenvalue weighted by Crippen LogP contribution is -2.43. The molecular weight excluding hydrogens is 426 g/mol. The highest BCUT2D eigenvalue weighted by Gasteiger charge is 2.17. The SMILES string of the molecule is COc1ccc(C(C)=NNC(=O)[C@@H](C)NC(=O)c2ccc(Br)cc2)c(OC)c1. The molecule has 1 atom stereocenters. The molecule has 28 heavy (non-hydrogen) atoms. The molecule has 0 fully saturated rings. The molecule has 7 nitrogen and oxygen atoms in total. The van der Waals surface area contributed by atoms with Gasteiger partial charge in [-0.05, 0) is 50.2 Å². The van der Waals surface area contributed by atoms with E-state index in [0.717, 1.165) is 10.0 Å². The molecule has 0 unspecified atom stereocenters. The van der Waals surface area contributed by atoms with Gasteiger partial charge in [0.15, 0.2) is 0 Å². The van der Waals surface area contributed by atoms with Crippen LogP contribution in [0, 0.1) is 0 Å². The number of hydrazone groups is 1. The lowest BCUT2D eigenvalue weighted by Gasteiger charge is -2.13. The Hall–Kier alpha value is -2.87. The van der Waals surface area contributed by atoms with Gasteiger partial charge >= 0.3 is 0 Å². The molecule has 148 valence electrons. The Kier molecular flexibility index (Phi) is 7.57. The fraction of sp³-hybridized carbons (Fsp3) is 0.250. The minimum atomic E-state index is -0.759. The van der Waals surface area contributed by atoms with Crippen LogP contribution in [0.1, 0.15) is 29.8 Å². The first kappa shape index (κ1) is 21.4. The van der Waals surface area contributed by atoms with Crippen molar-refractivity contribution in [2.75, 3.05) is 14.2 Å². The summed E-state index contributed by atoms with van der Waals surface area (Å²) in [4.78, 5) is 24.5. The van der Waals surface area contributed by atoms with Crippen molar-refractivity contribution in [2.45, 2.75) is 19.9 Å². The molecule has 2 aromatic carbocycles. The zero-order valence-corrected chi connectivity index (χ0v) is 17.7. The summed E-state index contributed by atoms with van der Waals surface area (Å²) in [6.07, 6.45) is 0. The average molecular weight is 448 g/mol. The third-order valence-electron chi connectivity index (χ3n) is 3.98. The molecule has 0 aromatic heterocycles. The van der Waals surface area contributed by atoms with E-state index in [2.05, 4.69) is 31.8 Å². The number of ether oxygens (including phenoxy) is 2. The first-order valence-electron chi connectivity index (χ1n) is 8.48. The van der Waals surface area contributed by atoms with Gasteiger partial charge in [0, 0.05) is 21.7 Å². The van der Waals surface area contributed by atoms with Crippen LogP contribution in [0.25, 0.3) is 0 Å². The highest BCUT2D eigenvalue weighted by molar-refractivity contribution is 9.10. The predicted octanol–water partition coefficient (Wildman–Crippen LogP) is 3.13. The zero-order valence-electron chi connectivity index (χ0n) is 16.1. The van der Waals surface area contributed by atoms with Crippen LogP contribution < -0.4 is 20.2 Å². The van der Waals surface area contributed by atoms with E-state index in [1.165, 1.54) is 0 Å². The normalized spacial score (nSPS) is 12.1. The van der Waals surface area contributed by atoms with Crippen LogP contribution in [-0.2, 0) is 4.79 Å². The lowest BCUT2D eigenvalue weighted by molar-refractivity contribution is -0.122. The Morgan fingerprint density at radius 3 is 2.36 bits per heavy atom. The standard InChI is InChI=1S/C20H22BrN3O4/c1-12(17-10-9-16(27-3)11-18(17)28-4)23-24-19(25)13(2)22-20(26)14-5-7-15(21)8-6-14/h5-11,13H,1-4H3,(H,22,26)(H,24,25)/t13-/m1/s1. The second-order valence-corrected chi connectivity index (χ2v) is 6.86. The fourth-order valence-electron chi connectivity index (χ4n) is 2.34. The Balaban J connectivity index is 2.01. The number of hydrogen-bond donors (Lipinski definition) is 2. The van der Waals surface area contributed by atoms with Gasteiger partial charge < -0.3 is 14.8 Å². The van der Waals surface area contributed by atoms with Gasteiger partial charge in [0.2, 0.25) is 0 Å². The second kappa shape index (κ2) is 9.89. The number of hydrogen-bond acceptors (Lipinski definition) is 5. The molecule has 0 spiro atoms.